The number of amides is 5. The van der Waals surface area contributed by atoms with Gasteiger partial charge in [0.15, 0.2) is 5.82 Å². The summed E-state index contributed by atoms with van der Waals surface area (Å²) in [5.41, 5.74) is 22.7. The normalized spacial score (nSPS) is 16.2. The lowest BCUT2D eigenvalue weighted by molar-refractivity contribution is -0.141. The molecule has 1 aromatic heterocycles. The smallest absolute Gasteiger partial charge is 0.255 e. The molecule has 0 unspecified atom stereocenters. The first-order valence-corrected chi connectivity index (χ1v) is 23.7. The van der Waals surface area contributed by atoms with Crippen LogP contribution >= 0.6 is 0 Å². The highest BCUT2D eigenvalue weighted by atomic mass is 16.5. The highest BCUT2D eigenvalue weighted by molar-refractivity contribution is 6.00. The zero-order valence-corrected chi connectivity index (χ0v) is 40.4. The molecule has 5 amide bonds. The van der Waals surface area contributed by atoms with Crippen LogP contribution in [0.25, 0.3) is 22.5 Å². The first-order chi connectivity index (χ1) is 33.2. The molecule has 0 fully saturated rings. The van der Waals surface area contributed by atoms with Gasteiger partial charge in [-0.2, -0.15) is 5.26 Å². The number of nitrogens with one attached hydrogen (secondary N) is 4. The number of nitrogens with zero attached hydrogens (tertiary/aromatic N) is 4. The SMILES string of the molecule is CCCCCCCc1ccc(-c2nc(C)c(C(=O)N[C@@H](CCN)C(=O)N(C)[C@@H]3C(=O)N[C@@H](C)C(=O)N[C@H](C(=O)NCC#N)Cc4ccc(OCCN)c(c4)-c4cc3ccc4OCCN)c(C)n2)cc1. The summed E-state index contributed by atoms with van der Waals surface area (Å²) >= 11 is 0. The zero-order chi connectivity index (χ0) is 50.0. The molecule has 0 saturated heterocycles. The molecular formula is C51H67N11O7. The van der Waals surface area contributed by atoms with Gasteiger partial charge in [0, 0.05) is 43.2 Å². The second kappa shape index (κ2) is 26.0. The van der Waals surface area contributed by atoms with Gasteiger partial charge in [-0.25, -0.2) is 9.97 Å². The number of likely N-dealkylation sites (N-methyl/N-ethyl adjacent to an activating group) is 1. The molecule has 4 bridgehead atoms. The van der Waals surface area contributed by atoms with Crippen molar-refractivity contribution in [1.29, 1.82) is 5.26 Å². The summed E-state index contributed by atoms with van der Waals surface area (Å²) in [6, 6.07) is 15.2. The maximum absolute atomic E-state index is 14.8. The van der Waals surface area contributed by atoms with Crippen molar-refractivity contribution in [2.24, 2.45) is 17.2 Å². The Labute approximate surface area is 404 Å². The Morgan fingerprint density at radius 1 is 0.855 bits per heavy atom. The Kier molecular flexibility index (Phi) is 20.0. The van der Waals surface area contributed by atoms with Gasteiger partial charge in [0.2, 0.25) is 23.6 Å². The van der Waals surface area contributed by atoms with Crippen LogP contribution in [0.2, 0.25) is 0 Å². The van der Waals surface area contributed by atoms with E-state index in [1.165, 1.54) is 50.1 Å². The molecule has 2 heterocycles. The molecule has 0 radical (unpaired) electrons. The number of ether oxygens (including phenoxy) is 2. The van der Waals surface area contributed by atoms with Crippen molar-refractivity contribution in [2.45, 2.75) is 103 Å². The van der Waals surface area contributed by atoms with E-state index >= 15 is 0 Å². The minimum Gasteiger partial charge on any atom is -0.492 e. The van der Waals surface area contributed by atoms with E-state index < -0.39 is 53.7 Å². The fourth-order valence-electron chi connectivity index (χ4n) is 8.29. The number of nitriles is 1. The first kappa shape index (κ1) is 53.0. The van der Waals surface area contributed by atoms with Gasteiger partial charge >= 0.3 is 0 Å². The van der Waals surface area contributed by atoms with Crippen LogP contribution in [-0.2, 0) is 32.0 Å². The second-order valence-electron chi connectivity index (χ2n) is 17.1. The van der Waals surface area contributed by atoms with Crippen LogP contribution in [0, 0.1) is 25.2 Å². The standard InChI is InChI=1S/C51H67N11O7/c1-6-7-8-9-10-11-34-12-15-36(16-13-34)46-57-31(2)44(32(3)58-46)49(65)60-40(20-21-52)51(67)62(5)45-37-17-19-43(69-27-24-55)39(30-37)38-28-35(14-18-42(38)68-26-23-54)29-41(48(64)56-25-22-53)61-47(63)33(4)59-50(45)66/h12-19,28,30,33,40-41,45H,6-11,20-21,23-27,29,52,54-55H2,1-5H3,(H,56,64)(H,59,66)(H,60,65)(H,61,63)/t33-,40-,41-,45-/m0/s1. The Hall–Kier alpha value is -6.94. The highest BCUT2D eigenvalue weighted by Gasteiger charge is 2.36. The van der Waals surface area contributed by atoms with Crippen LogP contribution in [0.3, 0.4) is 0 Å². The number of carbonyl (C=O) groups excluding carboxylic acids is 5. The van der Waals surface area contributed by atoms with E-state index in [9.17, 15) is 29.2 Å². The van der Waals surface area contributed by atoms with Gasteiger partial charge in [0.25, 0.3) is 5.91 Å². The molecule has 0 saturated carbocycles. The van der Waals surface area contributed by atoms with Crippen molar-refractivity contribution < 1.29 is 33.4 Å². The summed E-state index contributed by atoms with van der Waals surface area (Å²) in [4.78, 5) is 81.3. The Balaban J connectivity index is 1.51. The fraction of sp³-hybridized carbons (Fsp3) is 0.451. The summed E-state index contributed by atoms with van der Waals surface area (Å²) in [7, 11) is 1.42. The van der Waals surface area contributed by atoms with Crippen LogP contribution in [0.5, 0.6) is 11.5 Å². The van der Waals surface area contributed by atoms with E-state index in [-0.39, 0.29) is 57.8 Å². The van der Waals surface area contributed by atoms with E-state index in [0.717, 1.165) is 18.4 Å². The zero-order valence-electron chi connectivity index (χ0n) is 40.4. The van der Waals surface area contributed by atoms with E-state index in [4.69, 9.17) is 36.6 Å². The fourth-order valence-corrected chi connectivity index (χ4v) is 8.29. The monoisotopic (exact) mass is 946 g/mol. The quantitative estimate of drug-likeness (QED) is 0.0466. The first-order valence-electron chi connectivity index (χ1n) is 23.7. The van der Waals surface area contributed by atoms with E-state index in [1.807, 2.05) is 18.2 Å². The van der Waals surface area contributed by atoms with Crippen molar-refractivity contribution in [2.75, 3.05) is 46.4 Å². The van der Waals surface area contributed by atoms with Crippen molar-refractivity contribution in [3.8, 4) is 40.1 Å². The molecule has 5 rings (SSSR count). The molecule has 18 heteroatoms. The number of hydrogen-bond donors (Lipinski definition) is 7. The molecule has 1 aliphatic rings. The van der Waals surface area contributed by atoms with Gasteiger partial charge < -0.3 is 52.8 Å². The Morgan fingerprint density at radius 2 is 1.49 bits per heavy atom. The molecule has 4 aromatic rings. The van der Waals surface area contributed by atoms with Crippen LogP contribution in [0.4, 0.5) is 0 Å². The summed E-state index contributed by atoms with van der Waals surface area (Å²) in [6.45, 7) is 7.44. The number of nitrogens with two attached hydrogens (primary N) is 3. The lowest BCUT2D eigenvalue weighted by Crippen LogP contribution is -2.56. The predicted octanol–water partition coefficient (Wildman–Crippen LogP) is 3.45. The number of hydrogen-bond acceptors (Lipinski definition) is 13. The van der Waals surface area contributed by atoms with E-state index in [2.05, 4.69) is 40.3 Å². The maximum atomic E-state index is 14.8. The van der Waals surface area contributed by atoms with Crippen LogP contribution in [-0.4, -0.2) is 109 Å². The Bertz CT molecular complexity index is 2450. The summed E-state index contributed by atoms with van der Waals surface area (Å²) < 4.78 is 12.2. The molecule has 18 nitrogen and oxygen atoms in total. The third kappa shape index (κ3) is 14.1. The third-order valence-electron chi connectivity index (χ3n) is 11.9. The van der Waals surface area contributed by atoms with Crippen molar-refractivity contribution in [3.63, 3.8) is 0 Å². The molecular weight excluding hydrogens is 879 g/mol. The maximum Gasteiger partial charge on any atom is 0.255 e. The van der Waals surface area contributed by atoms with Gasteiger partial charge in [-0.3, -0.25) is 24.0 Å². The Morgan fingerprint density at radius 3 is 2.12 bits per heavy atom. The second-order valence-corrected chi connectivity index (χ2v) is 17.1. The van der Waals surface area contributed by atoms with Gasteiger partial charge in [0.1, 0.15) is 55.4 Å². The van der Waals surface area contributed by atoms with Gasteiger partial charge in [-0.15, -0.1) is 0 Å². The third-order valence-corrected chi connectivity index (χ3v) is 11.9. The lowest BCUT2D eigenvalue weighted by atomic mass is 9.93. The lowest BCUT2D eigenvalue weighted by Gasteiger charge is -2.32. The number of aryl methyl sites for hydroxylation is 3. The van der Waals surface area contributed by atoms with Gasteiger partial charge in [-0.05, 0) is 87.5 Å². The molecule has 368 valence electrons. The van der Waals surface area contributed by atoms with Crippen molar-refractivity contribution in [1.82, 2.24) is 36.1 Å². The summed E-state index contributed by atoms with van der Waals surface area (Å²) in [5.74, 6) is -2.08. The van der Waals surface area contributed by atoms with Crippen molar-refractivity contribution in [3.05, 3.63) is 94.3 Å². The molecule has 3 aromatic carbocycles. The molecule has 4 atom stereocenters. The van der Waals surface area contributed by atoms with Crippen LogP contribution in [0.15, 0.2) is 60.7 Å². The van der Waals surface area contributed by atoms with Crippen LogP contribution < -0.4 is 47.9 Å². The molecule has 1 aliphatic heterocycles. The predicted molar refractivity (Wildman–Crippen MR) is 263 cm³/mol. The number of aromatic nitrogens is 2. The average molecular weight is 946 g/mol. The number of unbranched alkanes of at least 4 members (excludes halogenated alkanes) is 4. The van der Waals surface area contributed by atoms with Crippen molar-refractivity contribution >= 4 is 29.5 Å². The van der Waals surface area contributed by atoms with Gasteiger partial charge in [0.05, 0.1) is 23.0 Å². The van der Waals surface area contributed by atoms with E-state index in [1.54, 1.807) is 50.2 Å². The summed E-state index contributed by atoms with van der Waals surface area (Å²) in [6.07, 6.45) is 7.01. The molecule has 10 N–H and O–H groups in total. The van der Waals surface area contributed by atoms with Gasteiger partial charge in [-0.1, -0.05) is 69.0 Å². The molecule has 0 spiro atoms. The van der Waals surface area contributed by atoms with Crippen LogP contribution in [0.1, 0.15) is 96.9 Å². The number of carbonyl (C=O) groups is 5. The molecule has 0 aliphatic carbocycles. The topological polar surface area (TPSA) is 283 Å². The van der Waals surface area contributed by atoms with E-state index in [0.29, 0.717) is 51.0 Å². The number of rotatable bonds is 21. The minimum absolute atomic E-state index is 0.00306. The highest BCUT2D eigenvalue weighted by Crippen LogP contribution is 2.40. The largest absolute Gasteiger partial charge is 0.492 e. The average Bonchev–Trinajstić information content (AvgIpc) is 3.33. The number of benzene rings is 3. The number of fused-ring (bicyclic) bond motifs is 5. The summed E-state index contributed by atoms with van der Waals surface area (Å²) in [5, 5.41) is 20.0. The molecule has 69 heavy (non-hydrogen) atoms. The minimum atomic E-state index is -1.40.